The number of hydrogen-bond donors (Lipinski definition) is 0. The molecular formula is C12H14N2O3S. The van der Waals surface area contributed by atoms with Crippen LogP contribution in [0.1, 0.15) is 12.6 Å². The average Bonchev–Trinajstić information content (AvgIpc) is 2.73. The lowest BCUT2D eigenvalue weighted by Crippen LogP contribution is -2.07. The van der Waals surface area contributed by atoms with Gasteiger partial charge in [-0.1, -0.05) is 18.2 Å². The summed E-state index contributed by atoms with van der Waals surface area (Å²) in [4.78, 5) is 0.105. The second-order valence-electron chi connectivity index (χ2n) is 3.70. The lowest BCUT2D eigenvalue weighted by molar-refractivity contribution is 0.338. The standard InChI is InChI=1S/C12H14N2O3S/c1-3-17-18(15,16)12-9-13-14(10(12)2)11-7-5-4-6-8-11/h4-9H,3H2,1-2H3. The van der Waals surface area contributed by atoms with Gasteiger partial charge in [-0.15, -0.1) is 0 Å². The smallest absolute Gasteiger partial charge is 0.267 e. The summed E-state index contributed by atoms with van der Waals surface area (Å²) in [6.45, 7) is 3.44. The Bertz CT molecular complexity index is 633. The highest BCUT2D eigenvalue weighted by molar-refractivity contribution is 7.86. The summed E-state index contributed by atoms with van der Waals surface area (Å²) in [5, 5.41) is 4.09. The van der Waals surface area contributed by atoms with Crippen molar-refractivity contribution in [1.29, 1.82) is 0 Å². The molecule has 18 heavy (non-hydrogen) atoms. The average molecular weight is 266 g/mol. The monoisotopic (exact) mass is 266 g/mol. The fourth-order valence-corrected chi connectivity index (χ4v) is 2.75. The van der Waals surface area contributed by atoms with E-state index in [-0.39, 0.29) is 11.5 Å². The van der Waals surface area contributed by atoms with E-state index in [2.05, 4.69) is 5.10 Å². The Balaban J connectivity index is 2.48. The number of aromatic nitrogens is 2. The SMILES string of the molecule is CCOS(=O)(=O)c1cnn(-c2ccccc2)c1C. The predicted octanol–water partition coefficient (Wildman–Crippen LogP) is 1.91. The summed E-state index contributed by atoms with van der Waals surface area (Å²) in [6, 6.07) is 9.34. The van der Waals surface area contributed by atoms with Crippen LogP contribution in [0.25, 0.3) is 5.69 Å². The summed E-state index contributed by atoms with van der Waals surface area (Å²) < 4.78 is 30.0. The highest BCUT2D eigenvalue weighted by Crippen LogP contribution is 2.19. The number of nitrogens with zero attached hydrogens (tertiary/aromatic N) is 2. The molecule has 2 aromatic rings. The van der Waals surface area contributed by atoms with Crippen LogP contribution in [0.2, 0.25) is 0 Å². The lowest BCUT2D eigenvalue weighted by Gasteiger charge is -2.05. The lowest BCUT2D eigenvalue weighted by atomic mass is 10.3. The van der Waals surface area contributed by atoms with Gasteiger partial charge in [0.1, 0.15) is 4.90 Å². The molecule has 0 aliphatic carbocycles. The first-order valence-electron chi connectivity index (χ1n) is 5.55. The van der Waals surface area contributed by atoms with E-state index in [0.29, 0.717) is 5.69 Å². The fourth-order valence-electron chi connectivity index (χ4n) is 1.69. The van der Waals surface area contributed by atoms with Gasteiger partial charge in [0.15, 0.2) is 0 Å². The van der Waals surface area contributed by atoms with Crippen LogP contribution < -0.4 is 0 Å². The molecule has 0 fully saturated rings. The van der Waals surface area contributed by atoms with E-state index in [9.17, 15) is 8.42 Å². The Hall–Kier alpha value is -1.66. The molecule has 96 valence electrons. The van der Waals surface area contributed by atoms with Crippen LogP contribution in [0.15, 0.2) is 41.4 Å². The van der Waals surface area contributed by atoms with Gasteiger partial charge in [0.25, 0.3) is 10.1 Å². The molecule has 5 nitrogen and oxygen atoms in total. The van der Waals surface area contributed by atoms with Crippen molar-refractivity contribution in [2.24, 2.45) is 0 Å². The molecule has 0 radical (unpaired) electrons. The Morgan fingerprint density at radius 2 is 1.94 bits per heavy atom. The summed E-state index contributed by atoms with van der Waals surface area (Å²) in [5.41, 5.74) is 1.35. The summed E-state index contributed by atoms with van der Waals surface area (Å²) in [7, 11) is -3.71. The van der Waals surface area contributed by atoms with Crippen molar-refractivity contribution in [2.45, 2.75) is 18.7 Å². The molecule has 0 spiro atoms. The highest BCUT2D eigenvalue weighted by atomic mass is 32.2. The topological polar surface area (TPSA) is 61.2 Å². The maximum atomic E-state index is 11.8. The summed E-state index contributed by atoms with van der Waals surface area (Å²) in [5.74, 6) is 0. The van der Waals surface area contributed by atoms with Gasteiger partial charge < -0.3 is 0 Å². The van der Waals surface area contributed by atoms with Crippen molar-refractivity contribution in [1.82, 2.24) is 9.78 Å². The zero-order valence-corrected chi connectivity index (χ0v) is 11.0. The van der Waals surface area contributed by atoms with Crippen LogP contribution in [-0.2, 0) is 14.3 Å². The van der Waals surface area contributed by atoms with Gasteiger partial charge in [-0.3, -0.25) is 4.18 Å². The zero-order chi connectivity index (χ0) is 13.2. The van der Waals surface area contributed by atoms with Crippen molar-refractivity contribution < 1.29 is 12.6 Å². The Labute approximate surface area is 106 Å². The largest absolute Gasteiger partial charge is 0.300 e. The second-order valence-corrected chi connectivity index (χ2v) is 5.29. The van der Waals surface area contributed by atoms with Gasteiger partial charge in [-0.2, -0.15) is 13.5 Å². The molecule has 0 aliphatic heterocycles. The second kappa shape index (κ2) is 4.91. The third-order valence-corrected chi connectivity index (χ3v) is 3.99. The normalized spacial score (nSPS) is 11.7. The number of hydrogen-bond acceptors (Lipinski definition) is 4. The van der Waals surface area contributed by atoms with Crippen LogP contribution in [0.5, 0.6) is 0 Å². The molecule has 6 heteroatoms. The van der Waals surface area contributed by atoms with E-state index in [0.717, 1.165) is 5.69 Å². The van der Waals surface area contributed by atoms with E-state index < -0.39 is 10.1 Å². The van der Waals surface area contributed by atoms with Gasteiger partial charge >= 0.3 is 0 Å². The van der Waals surface area contributed by atoms with E-state index >= 15 is 0 Å². The third-order valence-electron chi connectivity index (χ3n) is 2.51. The molecule has 0 saturated heterocycles. The maximum absolute atomic E-state index is 11.8. The fraction of sp³-hybridized carbons (Fsp3) is 0.250. The van der Waals surface area contributed by atoms with Crippen LogP contribution in [0.4, 0.5) is 0 Å². The van der Waals surface area contributed by atoms with Crippen LogP contribution in [0, 0.1) is 6.92 Å². The molecule has 1 aromatic heterocycles. The van der Waals surface area contributed by atoms with Crippen LogP contribution in [-0.4, -0.2) is 24.8 Å². The first-order chi connectivity index (χ1) is 8.56. The molecule has 0 unspecified atom stereocenters. The minimum atomic E-state index is -3.71. The summed E-state index contributed by atoms with van der Waals surface area (Å²) >= 11 is 0. The Kier molecular flexibility index (Phi) is 3.49. The van der Waals surface area contributed by atoms with Gasteiger partial charge in [-0.05, 0) is 26.0 Å². The number of para-hydroxylation sites is 1. The zero-order valence-electron chi connectivity index (χ0n) is 10.2. The van der Waals surface area contributed by atoms with E-state index in [4.69, 9.17) is 4.18 Å². The van der Waals surface area contributed by atoms with E-state index in [1.54, 1.807) is 18.5 Å². The van der Waals surface area contributed by atoms with E-state index in [1.807, 2.05) is 30.3 Å². The Morgan fingerprint density at radius 1 is 1.28 bits per heavy atom. The minimum Gasteiger partial charge on any atom is -0.267 e. The molecule has 2 rings (SSSR count). The molecule has 0 aliphatic rings. The highest BCUT2D eigenvalue weighted by Gasteiger charge is 2.21. The molecule has 1 aromatic carbocycles. The first kappa shape index (κ1) is 12.8. The number of benzene rings is 1. The van der Waals surface area contributed by atoms with Crippen LogP contribution >= 0.6 is 0 Å². The van der Waals surface area contributed by atoms with Gasteiger partial charge in [0.05, 0.1) is 24.2 Å². The molecule has 0 amide bonds. The third kappa shape index (κ3) is 2.30. The van der Waals surface area contributed by atoms with Gasteiger partial charge in [0.2, 0.25) is 0 Å². The molecule has 0 N–H and O–H groups in total. The van der Waals surface area contributed by atoms with Gasteiger partial charge in [-0.25, -0.2) is 4.68 Å². The van der Waals surface area contributed by atoms with Crippen molar-refractivity contribution in [3.8, 4) is 5.69 Å². The minimum absolute atomic E-state index is 0.105. The molecule has 0 atom stereocenters. The molecule has 0 saturated carbocycles. The van der Waals surface area contributed by atoms with Crippen molar-refractivity contribution in [2.75, 3.05) is 6.61 Å². The van der Waals surface area contributed by atoms with Crippen molar-refractivity contribution >= 4 is 10.1 Å². The van der Waals surface area contributed by atoms with E-state index in [1.165, 1.54) is 6.20 Å². The van der Waals surface area contributed by atoms with Crippen LogP contribution in [0.3, 0.4) is 0 Å². The quantitative estimate of drug-likeness (QED) is 0.793. The Morgan fingerprint density at radius 3 is 2.56 bits per heavy atom. The summed E-state index contributed by atoms with van der Waals surface area (Å²) in [6.07, 6.45) is 1.31. The molecule has 0 bridgehead atoms. The first-order valence-corrected chi connectivity index (χ1v) is 6.96. The van der Waals surface area contributed by atoms with Gasteiger partial charge in [0, 0.05) is 0 Å². The predicted molar refractivity (Wildman–Crippen MR) is 67.1 cm³/mol. The maximum Gasteiger partial charge on any atom is 0.300 e. The van der Waals surface area contributed by atoms with Crippen molar-refractivity contribution in [3.05, 3.63) is 42.2 Å². The molecular weight excluding hydrogens is 252 g/mol. The van der Waals surface area contributed by atoms with Crippen molar-refractivity contribution in [3.63, 3.8) is 0 Å². The molecule has 1 heterocycles. The number of rotatable bonds is 4.